The summed E-state index contributed by atoms with van der Waals surface area (Å²) in [4.78, 5) is 33.0. The van der Waals surface area contributed by atoms with Gasteiger partial charge in [-0.25, -0.2) is 9.38 Å². The Kier molecular flexibility index (Phi) is 7.41. The number of hydrogen-bond donors (Lipinski definition) is 1. The van der Waals surface area contributed by atoms with Gasteiger partial charge in [0.25, 0.3) is 0 Å². The van der Waals surface area contributed by atoms with Crippen molar-refractivity contribution in [3.63, 3.8) is 0 Å². The number of amides is 2. The number of anilines is 1. The van der Waals surface area contributed by atoms with Crippen molar-refractivity contribution in [3.8, 4) is 5.75 Å². The molecule has 2 aromatic carbocycles. The fourth-order valence-electron chi connectivity index (χ4n) is 3.24. The molecule has 0 bridgehead atoms. The van der Waals surface area contributed by atoms with Gasteiger partial charge in [-0.05, 0) is 66.9 Å². The second-order valence-corrected chi connectivity index (χ2v) is 9.39. The molecule has 1 atom stereocenters. The van der Waals surface area contributed by atoms with Crippen molar-refractivity contribution in [3.05, 3.63) is 76.7 Å². The molecule has 170 valence electrons. The Hall–Kier alpha value is -3.17. The summed E-state index contributed by atoms with van der Waals surface area (Å²) in [5.41, 5.74) is 1.18. The zero-order chi connectivity index (χ0) is 23.2. The number of ether oxygens (including phenoxy) is 1. The van der Waals surface area contributed by atoms with Crippen molar-refractivity contribution in [2.24, 2.45) is 4.99 Å². The first-order valence-corrected chi connectivity index (χ1v) is 12.1. The number of rotatable bonds is 8. The predicted octanol–water partition coefficient (Wildman–Crippen LogP) is 5.45. The topological polar surface area (TPSA) is 71.0 Å². The Bertz CT molecular complexity index is 1130. The third kappa shape index (κ3) is 6.00. The highest BCUT2D eigenvalue weighted by Gasteiger charge is 2.39. The molecule has 1 fully saturated rings. The van der Waals surface area contributed by atoms with E-state index in [4.69, 9.17) is 4.74 Å². The smallest absolute Gasteiger partial charge is 0.243 e. The minimum absolute atomic E-state index is 0.0140. The quantitative estimate of drug-likeness (QED) is 0.463. The van der Waals surface area contributed by atoms with Gasteiger partial charge in [-0.2, -0.15) is 0 Å². The Balaban J connectivity index is 1.47. The van der Waals surface area contributed by atoms with E-state index in [-0.39, 0.29) is 24.1 Å². The summed E-state index contributed by atoms with van der Waals surface area (Å²) in [7, 11) is 0. The highest BCUT2D eigenvalue weighted by Crippen LogP contribution is 2.33. The Morgan fingerprint density at radius 1 is 1.15 bits per heavy atom. The largest absolute Gasteiger partial charge is 0.494 e. The molecule has 4 rings (SSSR count). The monoisotopic (exact) mass is 483 g/mol. The number of amidine groups is 1. The summed E-state index contributed by atoms with van der Waals surface area (Å²) in [6, 6.07) is 16.7. The molecule has 3 aromatic rings. The second kappa shape index (κ2) is 10.6. The fraction of sp³-hybridized carbons (Fsp3) is 0.208. The van der Waals surface area contributed by atoms with Gasteiger partial charge in [0.1, 0.15) is 16.8 Å². The van der Waals surface area contributed by atoms with Crippen LogP contribution in [0, 0.1) is 5.82 Å². The van der Waals surface area contributed by atoms with E-state index in [1.54, 1.807) is 52.6 Å². The minimum atomic E-state index is -0.591. The number of nitrogens with one attached hydrogen (secondary N) is 1. The molecule has 0 saturated carbocycles. The molecule has 33 heavy (non-hydrogen) atoms. The number of carbonyl (C=O) groups excluding carboxylic acids is 2. The lowest BCUT2D eigenvalue weighted by atomic mass is 10.2. The molecule has 1 saturated heterocycles. The molecule has 1 aliphatic heterocycles. The number of thiophene rings is 1. The van der Waals surface area contributed by atoms with Crippen LogP contribution in [0.3, 0.4) is 0 Å². The summed E-state index contributed by atoms with van der Waals surface area (Å²) in [5.74, 6) is -0.0588. The van der Waals surface area contributed by atoms with Crippen molar-refractivity contribution in [1.29, 1.82) is 0 Å². The average Bonchev–Trinajstić information content (AvgIpc) is 3.41. The van der Waals surface area contributed by atoms with Gasteiger partial charge >= 0.3 is 0 Å². The number of thioether (sulfide) groups is 1. The van der Waals surface area contributed by atoms with E-state index >= 15 is 0 Å². The molecular formula is C24H22FN3O3S2. The molecule has 6 nitrogen and oxygen atoms in total. The molecule has 2 heterocycles. The molecule has 1 aromatic heterocycles. The van der Waals surface area contributed by atoms with Gasteiger partial charge in [-0.1, -0.05) is 17.8 Å². The lowest BCUT2D eigenvalue weighted by Crippen LogP contribution is -2.32. The first kappa shape index (κ1) is 23.0. The molecule has 1 unspecified atom stereocenters. The molecule has 1 aliphatic rings. The first-order valence-electron chi connectivity index (χ1n) is 10.4. The maximum atomic E-state index is 13.3. The lowest BCUT2D eigenvalue weighted by molar-refractivity contribution is -0.128. The van der Waals surface area contributed by atoms with Gasteiger partial charge in [-0.15, -0.1) is 11.3 Å². The molecule has 0 spiro atoms. The van der Waals surface area contributed by atoms with E-state index < -0.39 is 5.25 Å². The number of hydrogen-bond acceptors (Lipinski definition) is 6. The third-order valence-electron chi connectivity index (χ3n) is 4.79. The lowest BCUT2D eigenvalue weighted by Gasteiger charge is -2.15. The van der Waals surface area contributed by atoms with E-state index in [0.29, 0.717) is 29.7 Å². The summed E-state index contributed by atoms with van der Waals surface area (Å²) in [5, 5.41) is 4.69. The number of carbonyl (C=O) groups is 2. The second-order valence-electron chi connectivity index (χ2n) is 7.19. The third-order valence-corrected chi connectivity index (χ3v) is 6.82. The summed E-state index contributed by atoms with van der Waals surface area (Å²) >= 11 is 2.80. The van der Waals surface area contributed by atoms with Crippen molar-refractivity contribution in [1.82, 2.24) is 4.90 Å². The van der Waals surface area contributed by atoms with Crippen LogP contribution in [0.5, 0.6) is 5.75 Å². The normalized spacial score (nSPS) is 16.9. The number of benzene rings is 2. The van der Waals surface area contributed by atoms with Gasteiger partial charge in [0.15, 0.2) is 5.17 Å². The Morgan fingerprint density at radius 2 is 1.91 bits per heavy atom. The van der Waals surface area contributed by atoms with E-state index in [1.807, 2.05) is 24.4 Å². The van der Waals surface area contributed by atoms with Gasteiger partial charge in [0.2, 0.25) is 11.8 Å². The van der Waals surface area contributed by atoms with Crippen LogP contribution in [-0.4, -0.2) is 33.7 Å². The van der Waals surface area contributed by atoms with Crippen LogP contribution in [0.1, 0.15) is 18.2 Å². The van der Waals surface area contributed by atoms with Crippen LogP contribution in [-0.2, 0) is 16.1 Å². The highest BCUT2D eigenvalue weighted by molar-refractivity contribution is 8.15. The molecule has 2 amide bonds. The van der Waals surface area contributed by atoms with Crippen LogP contribution in [0.4, 0.5) is 15.8 Å². The zero-order valence-corrected chi connectivity index (χ0v) is 19.5. The SMILES string of the molecule is CCOc1ccc(NC(=O)CC2SC(=Nc3ccc(F)cc3)N(Cc3cccs3)C2=O)cc1. The van der Waals surface area contributed by atoms with Crippen molar-refractivity contribution in [2.45, 2.75) is 25.1 Å². The predicted molar refractivity (Wildman–Crippen MR) is 131 cm³/mol. The van der Waals surface area contributed by atoms with Crippen LogP contribution in [0.15, 0.2) is 71.0 Å². The Labute approximate surface area is 199 Å². The number of nitrogens with zero attached hydrogens (tertiary/aromatic N) is 2. The van der Waals surface area contributed by atoms with Gasteiger partial charge in [0, 0.05) is 17.0 Å². The molecule has 0 aliphatic carbocycles. The summed E-state index contributed by atoms with van der Waals surface area (Å²) in [6.07, 6.45) is 0.0140. The van der Waals surface area contributed by atoms with E-state index in [1.165, 1.54) is 23.9 Å². The first-order chi connectivity index (χ1) is 16.0. The van der Waals surface area contributed by atoms with E-state index in [2.05, 4.69) is 10.3 Å². The van der Waals surface area contributed by atoms with Crippen molar-refractivity contribution < 1.29 is 18.7 Å². The van der Waals surface area contributed by atoms with Crippen molar-refractivity contribution >= 4 is 51.5 Å². The average molecular weight is 484 g/mol. The number of halogens is 1. The highest BCUT2D eigenvalue weighted by atomic mass is 32.2. The molecular weight excluding hydrogens is 461 g/mol. The van der Waals surface area contributed by atoms with Crippen LogP contribution >= 0.6 is 23.1 Å². The fourth-order valence-corrected chi connectivity index (χ4v) is 5.09. The van der Waals surface area contributed by atoms with Gasteiger partial charge in [0.05, 0.1) is 18.8 Å². The molecule has 0 radical (unpaired) electrons. The van der Waals surface area contributed by atoms with Crippen molar-refractivity contribution in [2.75, 3.05) is 11.9 Å². The number of aliphatic imine (C=N–C) groups is 1. The standard InChI is InChI=1S/C24H22FN3O3S2/c1-2-31-19-11-9-17(10-12-19)26-22(29)14-21-23(30)28(15-20-4-3-13-32-20)24(33-21)27-18-7-5-16(25)6-8-18/h3-13,21H,2,14-15H2,1H3,(H,26,29). The van der Waals surface area contributed by atoms with Gasteiger partial charge < -0.3 is 10.1 Å². The minimum Gasteiger partial charge on any atom is -0.494 e. The Morgan fingerprint density at radius 3 is 2.58 bits per heavy atom. The van der Waals surface area contributed by atoms with E-state index in [0.717, 1.165) is 10.6 Å². The van der Waals surface area contributed by atoms with Gasteiger partial charge in [-0.3, -0.25) is 14.5 Å². The molecule has 9 heteroatoms. The summed E-state index contributed by atoms with van der Waals surface area (Å²) < 4.78 is 18.7. The maximum Gasteiger partial charge on any atom is 0.243 e. The van der Waals surface area contributed by atoms with Crippen LogP contribution in [0.2, 0.25) is 0 Å². The van der Waals surface area contributed by atoms with Crippen LogP contribution in [0.25, 0.3) is 0 Å². The molecule has 1 N–H and O–H groups in total. The summed E-state index contributed by atoms with van der Waals surface area (Å²) in [6.45, 7) is 2.85. The maximum absolute atomic E-state index is 13.3. The zero-order valence-electron chi connectivity index (χ0n) is 17.9. The van der Waals surface area contributed by atoms with E-state index in [9.17, 15) is 14.0 Å². The van der Waals surface area contributed by atoms with Crippen LogP contribution < -0.4 is 10.1 Å².